The van der Waals surface area contributed by atoms with Crippen molar-refractivity contribution >= 4 is 38.5 Å². The molecular formula is C29H47N3O8SSi2. The molecule has 14 heteroatoms. The van der Waals surface area contributed by atoms with Crippen LogP contribution >= 0.6 is 0 Å². The van der Waals surface area contributed by atoms with Crippen molar-refractivity contribution in [1.82, 2.24) is 9.55 Å². The first-order chi connectivity index (χ1) is 19.5. The molecule has 240 valence electrons. The number of benzene rings is 1. The Labute approximate surface area is 257 Å². The molecule has 3 rings (SSSR count). The number of hydrogen-bond acceptors (Lipinski definition) is 9. The molecule has 0 saturated carbocycles. The van der Waals surface area contributed by atoms with E-state index < -0.39 is 62.9 Å². The van der Waals surface area contributed by atoms with E-state index in [4.69, 9.17) is 17.8 Å². The zero-order valence-corrected chi connectivity index (χ0v) is 29.9. The Hall–Kier alpha value is -2.21. The second kappa shape index (κ2) is 12.7. The van der Waals surface area contributed by atoms with Crippen molar-refractivity contribution in [2.45, 2.75) is 102 Å². The van der Waals surface area contributed by atoms with E-state index in [2.05, 4.69) is 64.9 Å². The molecule has 4 unspecified atom stereocenters. The van der Waals surface area contributed by atoms with Crippen molar-refractivity contribution in [1.29, 1.82) is 0 Å². The normalized spacial score (nSPS) is 22.0. The van der Waals surface area contributed by atoms with E-state index >= 15 is 0 Å². The molecule has 0 bridgehead atoms. The third kappa shape index (κ3) is 8.71. The fourth-order valence-corrected chi connectivity index (χ4v) is 6.92. The highest BCUT2D eigenvalue weighted by molar-refractivity contribution is 7.86. The molecule has 0 radical (unpaired) electrons. The molecule has 1 aliphatic heterocycles. The van der Waals surface area contributed by atoms with Gasteiger partial charge in [-0.3, -0.25) is 13.5 Å². The van der Waals surface area contributed by atoms with Crippen LogP contribution in [-0.4, -0.2) is 71.7 Å². The highest BCUT2D eigenvalue weighted by Crippen LogP contribution is 2.43. The summed E-state index contributed by atoms with van der Waals surface area (Å²) >= 11 is 0. The molecule has 1 saturated heterocycles. The van der Waals surface area contributed by atoms with Gasteiger partial charge >= 0.3 is 5.69 Å². The lowest BCUT2D eigenvalue weighted by Crippen LogP contribution is -2.51. The number of carbonyl (C=O) groups is 1. The third-order valence-corrected chi connectivity index (χ3v) is 18.2. The lowest BCUT2D eigenvalue weighted by atomic mass is 10.1. The summed E-state index contributed by atoms with van der Waals surface area (Å²) in [5, 5.41) is 2.30. The van der Waals surface area contributed by atoms with E-state index in [0.717, 1.165) is 6.26 Å². The smallest absolute Gasteiger partial charge is 0.351 e. The minimum absolute atomic E-state index is 0.0535. The summed E-state index contributed by atoms with van der Waals surface area (Å²) in [7, 11) is -8.76. The predicted octanol–water partition coefficient (Wildman–Crippen LogP) is 5.15. The van der Waals surface area contributed by atoms with Gasteiger partial charge in [0.15, 0.2) is 22.9 Å². The van der Waals surface area contributed by atoms with Crippen LogP contribution < -0.4 is 11.0 Å². The van der Waals surface area contributed by atoms with Gasteiger partial charge in [0.25, 0.3) is 16.0 Å². The van der Waals surface area contributed by atoms with E-state index in [1.807, 2.05) is 13.1 Å². The van der Waals surface area contributed by atoms with Crippen LogP contribution in [0.5, 0.6) is 0 Å². The van der Waals surface area contributed by atoms with E-state index in [1.165, 1.54) is 16.8 Å². The zero-order valence-electron chi connectivity index (χ0n) is 27.1. The Balaban J connectivity index is 2.03. The van der Waals surface area contributed by atoms with Crippen LogP contribution in [0.25, 0.3) is 0 Å². The standard InChI is InChI=1S/C29H47N3O8SSi2/c1-28(2,3)42(8,9)37-19-21-23(39-41(7,35)36)24(40-43(10,11)29(4,5)6)26(38-21)32-18-17-22(31-27(32)34)30-25(33)20-15-13-12-14-16-20/h12-18,21,23-24,26H,19H2,1-11H3,(H,30,31,33,34). The van der Waals surface area contributed by atoms with Crippen molar-refractivity contribution < 1.29 is 31.0 Å². The van der Waals surface area contributed by atoms with Crippen molar-refractivity contribution in [2.24, 2.45) is 0 Å². The number of nitrogens with zero attached hydrogens (tertiary/aromatic N) is 2. The molecule has 1 fully saturated rings. The largest absolute Gasteiger partial charge is 0.414 e. The third-order valence-electron chi connectivity index (χ3n) is 8.60. The van der Waals surface area contributed by atoms with E-state index in [-0.39, 0.29) is 22.5 Å². The van der Waals surface area contributed by atoms with Gasteiger partial charge < -0.3 is 18.9 Å². The molecule has 2 heterocycles. The minimum atomic E-state index is -3.95. The van der Waals surface area contributed by atoms with E-state index in [1.54, 1.807) is 30.3 Å². The molecule has 0 aliphatic carbocycles. The average Bonchev–Trinajstić information content (AvgIpc) is 3.16. The van der Waals surface area contributed by atoms with Crippen LogP contribution in [0.4, 0.5) is 5.82 Å². The summed E-state index contributed by atoms with van der Waals surface area (Å²) in [6, 6.07) is 10.1. The van der Waals surface area contributed by atoms with Gasteiger partial charge in [0.1, 0.15) is 24.1 Å². The molecular weight excluding hydrogens is 607 g/mol. The molecule has 1 aromatic heterocycles. The number of amides is 1. The van der Waals surface area contributed by atoms with Crippen LogP contribution in [0.1, 0.15) is 58.1 Å². The molecule has 1 aromatic carbocycles. The number of ether oxygens (including phenoxy) is 1. The first-order valence-corrected chi connectivity index (χ1v) is 22.0. The maximum Gasteiger partial charge on any atom is 0.351 e. The molecule has 1 N–H and O–H groups in total. The van der Waals surface area contributed by atoms with Gasteiger partial charge in [-0.15, -0.1) is 0 Å². The number of carbonyl (C=O) groups excluding carboxylic acids is 1. The topological polar surface area (TPSA) is 135 Å². The van der Waals surface area contributed by atoms with Gasteiger partial charge in [0.2, 0.25) is 0 Å². The molecule has 1 amide bonds. The minimum Gasteiger partial charge on any atom is -0.414 e. The van der Waals surface area contributed by atoms with Gasteiger partial charge in [0, 0.05) is 11.8 Å². The summed E-state index contributed by atoms with van der Waals surface area (Å²) in [6.45, 7) is 20.8. The summed E-state index contributed by atoms with van der Waals surface area (Å²) in [4.78, 5) is 30.1. The average molecular weight is 654 g/mol. The highest BCUT2D eigenvalue weighted by Gasteiger charge is 2.53. The maximum absolute atomic E-state index is 13.4. The van der Waals surface area contributed by atoms with Gasteiger partial charge in [0.05, 0.1) is 12.9 Å². The van der Waals surface area contributed by atoms with E-state index in [9.17, 15) is 18.0 Å². The molecule has 2 aromatic rings. The SMILES string of the molecule is CC(C)(C)[Si](C)(C)OCC1OC(n2ccc(NC(=O)c3ccccc3)nc2=O)C(O[Si](C)(C)C(C)(C)C)C1OS(C)(=O)=O. The quantitative estimate of drug-likeness (QED) is 0.273. The number of anilines is 1. The molecule has 11 nitrogen and oxygen atoms in total. The van der Waals surface area contributed by atoms with Gasteiger partial charge in [-0.1, -0.05) is 59.7 Å². The number of nitrogens with one attached hydrogen (secondary N) is 1. The van der Waals surface area contributed by atoms with Crippen molar-refractivity contribution in [3.63, 3.8) is 0 Å². The maximum atomic E-state index is 13.4. The van der Waals surface area contributed by atoms with Crippen LogP contribution in [0.15, 0.2) is 47.4 Å². The van der Waals surface area contributed by atoms with Crippen molar-refractivity contribution in [2.75, 3.05) is 18.2 Å². The summed E-state index contributed by atoms with van der Waals surface area (Å²) < 4.78 is 51.5. The second-order valence-corrected chi connectivity index (χ2v) is 25.2. The number of aromatic nitrogens is 2. The Morgan fingerprint density at radius 2 is 1.56 bits per heavy atom. The zero-order chi connectivity index (χ0) is 32.6. The molecule has 0 spiro atoms. The molecule has 1 aliphatic rings. The fourth-order valence-electron chi connectivity index (χ4n) is 3.99. The summed E-state index contributed by atoms with van der Waals surface area (Å²) in [5.74, 6) is -0.345. The summed E-state index contributed by atoms with van der Waals surface area (Å²) in [6.07, 6.45) is -1.53. The Bertz CT molecular complexity index is 1450. The number of hydrogen-bond donors (Lipinski definition) is 1. The second-order valence-electron chi connectivity index (χ2n) is 14.1. The van der Waals surface area contributed by atoms with Crippen LogP contribution in [0, 0.1) is 0 Å². The molecule has 4 atom stereocenters. The van der Waals surface area contributed by atoms with E-state index in [0.29, 0.717) is 5.56 Å². The van der Waals surface area contributed by atoms with Crippen LogP contribution in [0.2, 0.25) is 36.3 Å². The summed E-state index contributed by atoms with van der Waals surface area (Å²) in [5.41, 5.74) is -0.287. The van der Waals surface area contributed by atoms with Crippen molar-refractivity contribution in [3.8, 4) is 0 Å². The Morgan fingerprint density at radius 1 is 0.977 bits per heavy atom. The Kier molecular flexibility index (Phi) is 10.4. The van der Waals surface area contributed by atoms with Crippen molar-refractivity contribution in [3.05, 3.63) is 58.6 Å². The monoisotopic (exact) mass is 653 g/mol. The first kappa shape index (κ1) is 35.3. The lowest BCUT2D eigenvalue weighted by Gasteiger charge is -2.40. The van der Waals surface area contributed by atoms with Gasteiger partial charge in [-0.2, -0.15) is 13.4 Å². The van der Waals surface area contributed by atoms with Crippen LogP contribution in [-0.2, 0) is 27.9 Å². The Morgan fingerprint density at radius 3 is 2.07 bits per heavy atom. The van der Waals surface area contributed by atoms with Gasteiger partial charge in [-0.05, 0) is 54.5 Å². The fraction of sp³-hybridized carbons (Fsp3) is 0.621. The predicted molar refractivity (Wildman–Crippen MR) is 172 cm³/mol. The van der Waals surface area contributed by atoms with Crippen LogP contribution in [0.3, 0.4) is 0 Å². The lowest BCUT2D eigenvalue weighted by molar-refractivity contribution is -0.0504. The first-order valence-electron chi connectivity index (χ1n) is 14.3. The van der Waals surface area contributed by atoms with Gasteiger partial charge in [-0.25, -0.2) is 4.79 Å². The highest BCUT2D eigenvalue weighted by atomic mass is 32.2. The molecule has 43 heavy (non-hydrogen) atoms. The number of rotatable bonds is 10.